The number of benzene rings is 2. The van der Waals surface area contributed by atoms with Gasteiger partial charge in [-0.05, 0) is 43.7 Å². The van der Waals surface area contributed by atoms with E-state index in [1.165, 1.54) is 23.5 Å². The van der Waals surface area contributed by atoms with Crippen molar-refractivity contribution >= 4 is 49.7 Å². The summed E-state index contributed by atoms with van der Waals surface area (Å²) in [6.45, 7) is 3.62. The molecule has 0 aliphatic heterocycles. The van der Waals surface area contributed by atoms with Crippen molar-refractivity contribution in [2.75, 3.05) is 5.32 Å². The van der Waals surface area contributed by atoms with Gasteiger partial charge in [-0.1, -0.05) is 39.4 Å². The van der Waals surface area contributed by atoms with Crippen molar-refractivity contribution in [3.05, 3.63) is 79.3 Å². The Kier molecular flexibility index (Phi) is 6.05. The minimum Gasteiger partial charge on any atom is -0.345 e. The van der Waals surface area contributed by atoms with E-state index in [4.69, 9.17) is 0 Å². The second-order valence-corrected chi connectivity index (χ2v) is 8.02. The molecule has 3 aromatic rings. The van der Waals surface area contributed by atoms with Crippen LogP contribution in [0.25, 0.3) is 0 Å². The van der Waals surface area contributed by atoms with Crippen molar-refractivity contribution in [3.8, 4) is 0 Å². The molecule has 0 aliphatic carbocycles. The van der Waals surface area contributed by atoms with Crippen molar-refractivity contribution < 1.29 is 9.72 Å². The first-order valence-corrected chi connectivity index (χ1v) is 9.99. The molecule has 144 valence electrons. The number of nitrogens with one attached hydrogen (secondary N) is 2. The summed E-state index contributed by atoms with van der Waals surface area (Å²) < 4.78 is 0.980. The molecule has 1 heterocycles. The lowest BCUT2D eigenvalue weighted by molar-refractivity contribution is -0.384. The number of amides is 1. The van der Waals surface area contributed by atoms with Gasteiger partial charge in [0.1, 0.15) is 4.88 Å². The summed E-state index contributed by atoms with van der Waals surface area (Å²) in [4.78, 5) is 27.9. The zero-order valence-electron chi connectivity index (χ0n) is 15.1. The second kappa shape index (κ2) is 8.49. The quantitative estimate of drug-likeness (QED) is 0.381. The number of hydrogen-bond acceptors (Lipinski definition) is 6. The Morgan fingerprint density at radius 1 is 1.18 bits per heavy atom. The Labute approximate surface area is 174 Å². The molecule has 0 saturated carbocycles. The van der Waals surface area contributed by atoms with Crippen LogP contribution in [-0.4, -0.2) is 15.8 Å². The van der Waals surface area contributed by atoms with E-state index < -0.39 is 4.92 Å². The summed E-state index contributed by atoms with van der Waals surface area (Å²) in [5.74, 6) is -0.232. The number of nitro groups is 1. The van der Waals surface area contributed by atoms with E-state index in [0.29, 0.717) is 15.7 Å². The Morgan fingerprint density at radius 3 is 2.43 bits per heavy atom. The van der Waals surface area contributed by atoms with Crippen LogP contribution < -0.4 is 10.6 Å². The molecule has 1 aromatic heterocycles. The summed E-state index contributed by atoms with van der Waals surface area (Å²) in [7, 11) is 0. The molecule has 0 radical (unpaired) electrons. The Morgan fingerprint density at radius 2 is 1.82 bits per heavy atom. The first kappa shape index (κ1) is 20.0. The molecule has 2 aromatic carbocycles. The van der Waals surface area contributed by atoms with Crippen molar-refractivity contribution in [1.29, 1.82) is 0 Å². The van der Waals surface area contributed by atoms with E-state index in [-0.39, 0.29) is 17.6 Å². The lowest BCUT2D eigenvalue weighted by Gasteiger charge is -2.13. The van der Waals surface area contributed by atoms with Crippen LogP contribution in [0.15, 0.2) is 53.0 Å². The summed E-state index contributed by atoms with van der Waals surface area (Å²) in [6, 6.07) is 13.5. The monoisotopic (exact) mass is 460 g/mol. The Hall–Kier alpha value is -2.78. The van der Waals surface area contributed by atoms with Crippen LogP contribution in [0.1, 0.15) is 33.9 Å². The third-order valence-corrected chi connectivity index (χ3v) is 5.65. The fraction of sp³-hybridized carbons (Fsp3) is 0.158. The largest absolute Gasteiger partial charge is 0.345 e. The highest BCUT2D eigenvalue weighted by molar-refractivity contribution is 9.10. The van der Waals surface area contributed by atoms with Crippen molar-refractivity contribution in [1.82, 2.24) is 10.3 Å². The SMILES string of the molecule is Cc1nc(Nc2ccc(Br)cc2)sc1C(=O)N[C@H](C)c1ccc([N+](=O)[O-])cc1. The van der Waals surface area contributed by atoms with Crippen LogP contribution >= 0.6 is 27.3 Å². The van der Waals surface area contributed by atoms with Crippen molar-refractivity contribution in [2.45, 2.75) is 19.9 Å². The van der Waals surface area contributed by atoms with E-state index >= 15 is 0 Å². The summed E-state index contributed by atoms with van der Waals surface area (Å²) in [5.41, 5.74) is 2.32. The number of carbonyl (C=O) groups excluding carboxylic acids is 1. The van der Waals surface area contributed by atoms with Gasteiger partial charge in [-0.3, -0.25) is 14.9 Å². The number of thiazole rings is 1. The Balaban J connectivity index is 1.69. The van der Waals surface area contributed by atoms with Gasteiger partial charge in [-0.2, -0.15) is 0 Å². The van der Waals surface area contributed by atoms with E-state index in [0.717, 1.165) is 15.7 Å². The maximum atomic E-state index is 12.7. The molecule has 9 heteroatoms. The molecule has 1 amide bonds. The van der Waals surface area contributed by atoms with Crippen LogP contribution in [0, 0.1) is 17.0 Å². The van der Waals surface area contributed by atoms with Crippen molar-refractivity contribution in [2.24, 2.45) is 0 Å². The molecule has 0 fully saturated rings. The molecule has 0 spiro atoms. The number of nitrogens with zero attached hydrogens (tertiary/aromatic N) is 2. The van der Waals surface area contributed by atoms with E-state index in [2.05, 4.69) is 31.5 Å². The van der Waals surface area contributed by atoms with E-state index in [9.17, 15) is 14.9 Å². The number of aryl methyl sites for hydroxylation is 1. The zero-order valence-corrected chi connectivity index (χ0v) is 17.5. The number of anilines is 2. The highest BCUT2D eigenvalue weighted by Crippen LogP contribution is 2.27. The summed E-state index contributed by atoms with van der Waals surface area (Å²) >= 11 is 4.67. The van der Waals surface area contributed by atoms with Crippen LogP contribution in [-0.2, 0) is 0 Å². The third-order valence-electron chi connectivity index (χ3n) is 4.05. The smallest absolute Gasteiger partial charge is 0.269 e. The summed E-state index contributed by atoms with van der Waals surface area (Å²) in [5, 5.41) is 17.5. The highest BCUT2D eigenvalue weighted by atomic mass is 79.9. The Bertz CT molecular complexity index is 1000. The van der Waals surface area contributed by atoms with Gasteiger partial charge in [-0.15, -0.1) is 0 Å². The normalized spacial score (nSPS) is 11.7. The molecule has 0 saturated heterocycles. The summed E-state index contributed by atoms with van der Waals surface area (Å²) in [6.07, 6.45) is 0. The second-order valence-electron chi connectivity index (χ2n) is 6.11. The lowest BCUT2D eigenvalue weighted by Crippen LogP contribution is -2.26. The number of hydrogen-bond donors (Lipinski definition) is 2. The predicted octanol–water partition coefficient (Wildman–Crippen LogP) is 5.36. The number of rotatable bonds is 6. The van der Waals surface area contributed by atoms with Crippen molar-refractivity contribution in [3.63, 3.8) is 0 Å². The first-order chi connectivity index (χ1) is 13.3. The van der Waals surface area contributed by atoms with Gasteiger partial charge < -0.3 is 10.6 Å². The van der Waals surface area contributed by atoms with Gasteiger partial charge in [0.05, 0.1) is 16.7 Å². The first-order valence-electron chi connectivity index (χ1n) is 8.38. The maximum Gasteiger partial charge on any atom is 0.269 e. The number of nitro benzene ring substituents is 1. The van der Waals surface area contributed by atoms with Crippen LogP contribution in [0.5, 0.6) is 0 Å². The molecule has 7 nitrogen and oxygen atoms in total. The maximum absolute atomic E-state index is 12.7. The van der Waals surface area contributed by atoms with Gasteiger partial charge >= 0.3 is 0 Å². The van der Waals surface area contributed by atoms with Crippen LogP contribution in [0.2, 0.25) is 0 Å². The third kappa shape index (κ3) is 4.73. The number of aromatic nitrogens is 1. The number of halogens is 1. The van der Waals surface area contributed by atoms with Gasteiger partial charge in [-0.25, -0.2) is 4.98 Å². The number of non-ortho nitro benzene ring substituents is 1. The molecular formula is C19H17BrN4O3S. The minimum atomic E-state index is -0.451. The van der Waals surface area contributed by atoms with Crippen LogP contribution in [0.4, 0.5) is 16.5 Å². The van der Waals surface area contributed by atoms with Gasteiger partial charge in [0.25, 0.3) is 11.6 Å². The molecule has 1 atom stereocenters. The van der Waals surface area contributed by atoms with E-state index in [1.807, 2.05) is 31.2 Å². The molecular weight excluding hydrogens is 444 g/mol. The standard InChI is InChI=1S/C19H17BrN4O3S/c1-11(13-3-9-16(10-4-13)24(26)27)21-18(25)17-12(2)22-19(28-17)23-15-7-5-14(20)6-8-15/h3-11H,1-2H3,(H,21,25)(H,22,23)/t11-/m1/s1. The highest BCUT2D eigenvalue weighted by Gasteiger charge is 2.18. The van der Waals surface area contributed by atoms with Crippen LogP contribution in [0.3, 0.4) is 0 Å². The molecule has 28 heavy (non-hydrogen) atoms. The average Bonchev–Trinajstić information content (AvgIpc) is 3.04. The average molecular weight is 461 g/mol. The van der Waals surface area contributed by atoms with E-state index in [1.54, 1.807) is 19.1 Å². The number of carbonyl (C=O) groups is 1. The zero-order chi connectivity index (χ0) is 20.3. The van der Waals surface area contributed by atoms with Gasteiger partial charge in [0.2, 0.25) is 0 Å². The predicted molar refractivity (Wildman–Crippen MR) is 113 cm³/mol. The molecule has 0 unspecified atom stereocenters. The fourth-order valence-corrected chi connectivity index (χ4v) is 3.70. The van der Waals surface area contributed by atoms with Gasteiger partial charge in [0, 0.05) is 22.3 Å². The minimum absolute atomic E-state index is 0.0178. The van der Waals surface area contributed by atoms with Gasteiger partial charge in [0.15, 0.2) is 5.13 Å². The lowest BCUT2D eigenvalue weighted by atomic mass is 10.1. The fourth-order valence-electron chi connectivity index (χ4n) is 2.55. The molecule has 0 aliphatic rings. The topological polar surface area (TPSA) is 97.2 Å². The molecule has 0 bridgehead atoms. The molecule has 2 N–H and O–H groups in total. The molecule has 3 rings (SSSR count).